The van der Waals surface area contributed by atoms with Crippen molar-refractivity contribution >= 4 is 22.9 Å². The molecule has 0 aliphatic rings. The monoisotopic (exact) mass is 401 g/mol. The topological polar surface area (TPSA) is 124 Å². The zero-order valence-electron chi connectivity index (χ0n) is 16.0. The van der Waals surface area contributed by atoms with Crippen molar-refractivity contribution < 1.29 is 9.53 Å². The lowest BCUT2D eigenvalue weighted by molar-refractivity contribution is 0.0982. The molecule has 0 spiro atoms. The number of nitrogens with zero attached hydrogens (tertiary/aromatic N) is 3. The van der Waals surface area contributed by atoms with Crippen molar-refractivity contribution in [2.75, 3.05) is 5.73 Å². The molecule has 0 amide bonds. The molecule has 2 heterocycles. The molecule has 30 heavy (non-hydrogen) atoms. The summed E-state index contributed by atoms with van der Waals surface area (Å²) >= 11 is 0. The number of Topliss-reactive ketones (excluding diaryl/α,β-unsaturated/α-hetero) is 1. The number of fused-ring (bicyclic) bond motifs is 1. The van der Waals surface area contributed by atoms with E-state index in [9.17, 15) is 9.59 Å². The molecule has 4 rings (SSSR count). The van der Waals surface area contributed by atoms with Crippen LogP contribution in [0.4, 0.5) is 5.95 Å². The summed E-state index contributed by atoms with van der Waals surface area (Å²) in [6, 6.07) is 18.5. The van der Waals surface area contributed by atoms with Crippen LogP contribution in [0.2, 0.25) is 0 Å². The van der Waals surface area contributed by atoms with Gasteiger partial charge in [-0.15, -0.1) is 0 Å². The van der Waals surface area contributed by atoms with Crippen molar-refractivity contribution in [1.29, 1.82) is 0 Å². The maximum absolute atomic E-state index is 12.4. The fourth-order valence-corrected chi connectivity index (χ4v) is 3.00. The standard InChI is InChI=1S/C22H19N5O3/c23-22-26-19-18(21(27-22)30-13-14-7-3-1-4-8-14)24-16(20(29)25-19)11-12-17(28)15-9-5-2-6-10-15/h1-10H,11-13H2,(H3,23,25,26,27,29). The SMILES string of the molecule is Nc1nc(OCc2ccccc2)c2nc(CCC(=O)c3ccccc3)c(=O)[nH]c2n1. The second-order valence-corrected chi connectivity index (χ2v) is 6.66. The van der Waals surface area contributed by atoms with Crippen molar-refractivity contribution in [3.63, 3.8) is 0 Å². The average molecular weight is 401 g/mol. The number of hydrogen-bond acceptors (Lipinski definition) is 7. The Morgan fingerprint density at radius 1 is 0.967 bits per heavy atom. The lowest BCUT2D eigenvalue weighted by atomic mass is 10.1. The van der Waals surface area contributed by atoms with Crippen LogP contribution in [-0.2, 0) is 13.0 Å². The number of hydrogen-bond donors (Lipinski definition) is 2. The van der Waals surface area contributed by atoms with Gasteiger partial charge in [-0.25, -0.2) is 4.98 Å². The molecular formula is C22H19N5O3. The molecule has 0 radical (unpaired) electrons. The molecular weight excluding hydrogens is 382 g/mol. The molecule has 8 heteroatoms. The first-order valence-corrected chi connectivity index (χ1v) is 9.41. The van der Waals surface area contributed by atoms with E-state index in [4.69, 9.17) is 10.5 Å². The third-order valence-electron chi connectivity index (χ3n) is 4.51. The van der Waals surface area contributed by atoms with Crippen LogP contribution in [0, 0.1) is 0 Å². The highest BCUT2D eigenvalue weighted by Gasteiger charge is 2.15. The Kier molecular flexibility index (Phi) is 5.47. The Bertz CT molecular complexity index is 1240. The van der Waals surface area contributed by atoms with E-state index in [1.54, 1.807) is 24.3 Å². The number of nitrogens with two attached hydrogens (primary N) is 1. The van der Waals surface area contributed by atoms with Crippen LogP contribution in [0.5, 0.6) is 5.88 Å². The predicted octanol–water partition coefficient (Wildman–Crippen LogP) is 2.69. The first kappa shape index (κ1) is 19.3. The third kappa shape index (κ3) is 4.33. The molecule has 0 saturated carbocycles. The molecule has 150 valence electrons. The minimum absolute atomic E-state index is 0.0324. The van der Waals surface area contributed by atoms with Gasteiger partial charge in [-0.2, -0.15) is 9.97 Å². The van der Waals surface area contributed by atoms with Crippen LogP contribution < -0.4 is 16.0 Å². The second kappa shape index (κ2) is 8.52. The number of rotatable bonds is 7. The molecule has 4 aromatic rings. The molecule has 0 aliphatic heterocycles. The molecule has 8 nitrogen and oxygen atoms in total. The summed E-state index contributed by atoms with van der Waals surface area (Å²) in [6.45, 7) is 0.259. The highest BCUT2D eigenvalue weighted by molar-refractivity contribution is 5.96. The fourth-order valence-electron chi connectivity index (χ4n) is 3.00. The van der Waals surface area contributed by atoms with Gasteiger partial charge >= 0.3 is 0 Å². The number of ether oxygens (including phenoxy) is 1. The number of carbonyl (C=O) groups excluding carboxylic acids is 1. The third-order valence-corrected chi connectivity index (χ3v) is 4.51. The number of benzene rings is 2. The molecule has 2 aromatic heterocycles. The molecule has 3 N–H and O–H groups in total. The first-order chi connectivity index (χ1) is 14.6. The normalized spacial score (nSPS) is 10.8. The number of aromatic amines is 1. The van der Waals surface area contributed by atoms with Gasteiger partial charge in [0, 0.05) is 18.4 Å². The fraction of sp³-hybridized carbons (Fsp3) is 0.136. The Balaban J connectivity index is 1.60. The van der Waals surface area contributed by atoms with Gasteiger partial charge in [0.05, 0.1) is 0 Å². The summed E-state index contributed by atoms with van der Waals surface area (Å²) in [5, 5.41) is 0. The van der Waals surface area contributed by atoms with E-state index in [0.717, 1.165) is 5.56 Å². The molecule has 0 fully saturated rings. The largest absolute Gasteiger partial charge is 0.471 e. The number of aryl methyl sites for hydroxylation is 1. The minimum Gasteiger partial charge on any atom is -0.471 e. The van der Waals surface area contributed by atoms with Gasteiger partial charge in [-0.1, -0.05) is 60.7 Å². The van der Waals surface area contributed by atoms with Crippen LogP contribution in [0.25, 0.3) is 11.2 Å². The molecule has 0 unspecified atom stereocenters. The van der Waals surface area contributed by atoms with Crippen molar-refractivity contribution in [2.45, 2.75) is 19.4 Å². The minimum atomic E-state index is -0.421. The van der Waals surface area contributed by atoms with Crippen LogP contribution in [0.1, 0.15) is 28.0 Å². The number of nitrogen functional groups attached to an aromatic ring is 1. The summed E-state index contributed by atoms with van der Waals surface area (Å²) in [5.41, 5.74) is 7.56. The Hall–Kier alpha value is -4.07. The number of anilines is 1. The summed E-state index contributed by atoms with van der Waals surface area (Å²) < 4.78 is 5.79. The first-order valence-electron chi connectivity index (χ1n) is 9.41. The Morgan fingerprint density at radius 2 is 1.67 bits per heavy atom. The highest BCUT2D eigenvalue weighted by Crippen LogP contribution is 2.21. The van der Waals surface area contributed by atoms with Crippen LogP contribution >= 0.6 is 0 Å². The van der Waals surface area contributed by atoms with E-state index >= 15 is 0 Å². The smallest absolute Gasteiger partial charge is 0.271 e. The number of nitrogens with one attached hydrogen (secondary N) is 1. The Labute approximate surface area is 171 Å². The van der Waals surface area contributed by atoms with Crippen LogP contribution in [-0.4, -0.2) is 25.7 Å². The predicted molar refractivity (Wildman–Crippen MR) is 112 cm³/mol. The summed E-state index contributed by atoms with van der Waals surface area (Å²) in [4.78, 5) is 40.0. The number of ketones is 1. The molecule has 0 bridgehead atoms. The maximum atomic E-state index is 12.4. The van der Waals surface area contributed by atoms with E-state index in [1.165, 1.54) is 0 Å². The van der Waals surface area contributed by atoms with Gasteiger partial charge < -0.3 is 15.5 Å². The Morgan fingerprint density at radius 3 is 2.40 bits per heavy atom. The van der Waals surface area contributed by atoms with E-state index in [2.05, 4.69) is 19.9 Å². The van der Waals surface area contributed by atoms with E-state index in [-0.39, 0.29) is 48.4 Å². The van der Waals surface area contributed by atoms with Gasteiger partial charge in [-0.3, -0.25) is 9.59 Å². The highest BCUT2D eigenvalue weighted by atomic mass is 16.5. The van der Waals surface area contributed by atoms with Gasteiger partial charge in [0.1, 0.15) is 12.3 Å². The molecule has 0 atom stereocenters. The lowest BCUT2D eigenvalue weighted by Gasteiger charge is -2.09. The van der Waals surface area contributed by atoms with Crippen LogP contribution in [0.15, 0.2) is 65.5 Å². The molecule has 2 aromatic carbocycles. The number of aromatic nitrogens is 4. The summed E-state index contributed by atoms with van der Waals surface area (Å²) in [6.07, 6.45) is 0.336. The molecule has 0 aliphatic carbocycles. The van der Waals surface area contributed by atoms with Crippen LogP contribution in [0.3, 0.4) is 0 Å². The van der Waals surface area contributed by atoms with Crippen molar-refractivity contribution in [3.05, 3.63) is 87.8 Å². The second-order valence-electron chi connectivity index (χ2n) is 6.66. The summed E-state index contributed by atoms with van der Waals surface area (Å²) in [7, 11) is 0. The number of H-pyrrole nitrogens is 1. The van der Waals surface area contributed by atoms with Crippen molar-refractivity contribution in [1.82, 2.24) is 19.9 Å². The molecule has 0 saturated heterocycles. The van der Waals surface area contributed by atoms with E-state index < -0.39 is 5.56 Å². The summed E-state index contributed by atoms with van der Waals surface area (Å²) in [5.74, 6) is 0.0780. The number of carbonyl (C=O) groups is 1. The van der Waals surface area contributed by atoms with Gasteiger partial charge in [0.25, 0.3) is 5.56 Å². The van der Waals surface area contributed by atoms with Gasteiger partial charge in [0.2, 0.25) is 11.8 Å². The zero-order valence-corrected chi connectivity index (χ0v) is 16.0. The quantitative estimate of drug-likeness (QED) is 0.456. The van der Waals surface area contributed by atoms with Gasteiger partial charge in [0.15, 0.2) is 16.9 Å². The van der Waals surface area contributed by atoms with Gasteiger partial charge in [-0.05, 0) is 5.56 Å². The zero-order chi connectivity index (χ0) is 20.9. The van der Waals surface area contributed by atoms with E-state index in [0.29, 0.717) is 11.1 Å². The average Bonchev–Trinajstić information content (AvgIpc) is 2.77. The van der Waals surface area contributed by atoms with Crippen molar-refractivity contribution in [3.8, 4) is 5.88 Å². The maximum Gasteiger partial charge on any atom is 0.271 e. The van der Waals surface area contributed by atoms with Crippen molar-refractivity contribution in [2.24, 2.45) is 0 Å². The van der Waals surface area contributed by atoms with E-state index in [1.807, 2.05) is 36.4 Å². The lowest BCUT2D eigenvalue weighted by Crippen LogP contribution is -2.18.